The van der Waals surface area contributed by atoms with Crippen LogP contribution in [0.25, 0.3) is 71.7 Å². The molecular weight excluding hydrogens is 633 g/mol. The van der Waals surface area contributed by atoms with E-state index in [2.05, 4.69) is 198 Å². The van der Waals surface area contributed by atoms with Gasteiger partial charge in [-0.3, -0.25) is 0 Å². The monoisotopic (exact) mass is 666 g/mol. The average molecular weight is 667 g/mol. The van der Waals surface area contributed by atoms with Crippen molar-refractivity contribution in [1.82, 2.24) is 4.57 Å². The molecule has 0 aliphatic carbocycles. The van der Waals surface area contributed by atoms with Gasteiger partial charge in [0.15, 0.2) is 0 Å². The number of hydrogen-bond donors (Lipinski definition) is 0. The molecule has 2 aromatic heterocycles. The molecule has 0 atom stereocenters. The van der Waals surface area contributed by atoms with Crippen LogP contribution in [0.2, 0.25) is 0 Å². The van der Waals surface area contributed by atoms with E-state index in [1.54, 1.807) is 0 Å². The lowest BCUT2D eigenvalue weighted by atomic mass is 9.98. The molecule has 0 N–H and O–H groups in total. The Morgan fingerprint density at radius 3 is 1.73 bits per heavy atom. The maximum atomic E-state index is 6.67. The zero-order valence-corrected chi connectivity index (χ0v) is 28.7. The first kappa shape index (κ1) is 30.0. The van der Waals surface area contributed by atoms with Crippen molar-refractivity contribution >= 4 is 60.8 Å². The van der Waals surface area contributed by atoms with Crippen molar-refractivity contribution in [3.63, 3.8) is 0 Å². The van der Waals surface area contributed by atoms with Crippen LogP contribution >= 0.6 is 0 Å². The lowest BCUT2D eigenvalue weighted by Gasteiger charge is -2.28. The summed E-state index contributed by atoms with van der Waals surface area (Å²) in [6.07, 6.45) is 0. The largest absolute Gasteiger partial charge is 0.455 e. The minimum absolute atomic E-state index is 0.882. The van der Waals surface area contributed by atoms with Crippen molar-refractivity contribution in [2.45, 2.75) is 6.92 Å². The summed E-state index contributed by atoms with van der Waals surface area (Å²) in [7, 11) is 0. The third kappa shape index (κ3) is 4.90. The molecule has 3 nitrogen and oxygen atoms in total. The summed E-state index contributed by atoms with van der Waals surface area (Å²) in [4.78, 5) is 2.38. The first-order valence-corrected chi connectivity index (χ1v) is 17.8. The van der Waals surface area contributed by atoms with Crippen molar-refractivity contribution in [2.24, 2.45) is 0 Å². The van der Waals surface area contributed by atoms with Crippen molar-refractivity contribution in [2.75, 3.05) is 4.90 Å². The molecule has 0 fully saturated rings. The van der Waals surface area contributed by atoms with Gasteiger partial charge in [0.2, 0.25) is 0 Å². The Bertz CT molecular complexity index is 2850. The number of fused-ring (bicyclic) bond motifs is 6. The number of hydrogen-bond acceptors (Lipinski definition) is 2. The molecule has 3 heteroatoms. The molecule has 0 aliphatic rings. The highest BCUT2D eigenvalue weighted by molar-refractivity contribution is 6.12. The number of furan rings is 1. The second kappa shape index (κ2) is 12.2. The van der Waals surface area contributed by atoms with Gasteiger partial charge in [-0.2, -0.15) is 0 Å². The molecule has 10 rings (SSSR count). The van der Waals surface area contributed by atoms with Gasteiger partial charge >= 0.3 is 0 Å². The number of aromatic nitrogens is 1. The minimum Gasteiger partial charge on any atom is -0.455 e. The Morgan fingerprint density at radius 2 is 1.04 bits per heavy atom. The van der Waals surface area contributed by atoms with E-state index in [0.717, 1.165) is 55.8 Å². The number of aryl methyl sites for hydroxylation is 1. The first-order chi connectivity index (χ1) is 25.7. The standard InChI is InChI=1S/C49H34N2O/c1-33-30-36(34-14-4-2-5-15-34)26-29-45(33)50(37-16-6-3-7-17-37)39-31-43(49-44(32-39)42-20-10-13-23-48(42)52-49)35-24-27-38(28-25-35)51-46-21-11-8-18-40(46)41-19-9-12-22-47(41)51/h2-32H,1H3. The van der Waals surface area contributed by atoms with Gasteiger partial charge in [-0.25, -0.2) is 0 Å². The molecule has 0 aliphatic heterocycles. The molecule has 10 aromatic rings. The second-order valence-corrected chi connectivity index (χ2v) is 13.4. The van der Waals surface area contributed by atoms with Crippen LogP contribution in [0.4, 0.5) is 17.1 Å². The third-order valence-corrected chi connectivity index (χ3v) is 10.3. The summed E-state index contributed by atoms with van der Waals surface area (Å²) >= 11 is 0. The molecule has 8 aromatic carbocycles. The number of anilines is 3. The molecular formula is C49H34N2O. The third-order valence-electron chi connectivity index (χ3n) is 10.3. The van der Waals surface area contributed by atoms with Crippen molar-refractivity contribution in [1.29, 1.82) is 0 Å². The summed E-state index contributed by atoms with van der Waals surface area (Å²) in [5.41, 5.74) is 14.3. The minimum atomic E-state index is 0.882. The van der Waals surface area contributed by atoms with Crippen LogP contribution in [0.3, 0.4) is 0 Å². The molecule has 246 valence electrons. The van der Waals surface area contributed by atoms with Crippen molar-refractivity contribution in [3.8, 4) is 27.9 Å². The van der Waals surface area contributed by atoms with Gasteiger partial charge in [-0.15, -0.1) is 0 Å². The maximum Gasteiger partial charge on any atom is 0.143 e. The highest BCUT2D eigenvalue weighted by Crippen LogP contribution is 2.45. The van der Waals surface area contributed by atoms with Crippen molar-refractivity contribution < 1.29 is 4.42 Å². The van der Waals surface area contributed by atoms with E-state index in [-0.39, 0.29) is 0 Å². The normalized spacial score (nSPS) is 11.6. The van der Waals surface area contributed by atoms with Gasteiger partial charge in [0.1, 0.15) is 11.2 Å². The predicted octanol–water partition coefficient (Wildman–Crippen LogP) is 13.8. The van der Waals surface area contributed by atoms with E-state index in [9.17, 15) is 0 Å². The van der Waals surface area contributed by atoms with E-state index in [4.69, 9.17) is 4.42 Å². The van der Waals surface area contributed by atoms with Gasteiger partial charge in [-0.1, -0.05) is 121 Å². The Labute approximate surface area is 302 Å². The van der Waals surface area contributed by atoms with Crippen LogP contribution in [0.15, 0.2) is 192 Å². The summed E-state index contributed by atoms with van der Waals surface area (Å²) in [5.74, 6) is 0. The summed E-state index contributed by atoms with van der Waals surface area (Å²) in [6.45, 7) is 2.21. The quantitative estimate of drug-likeness (QED) is 0.176. The molecule has 0 unspecified atom stereocenters. The van der Waals surface area contributed by atoms with E-state index in [1.807, 2.05) is 6.07 Å². The molecule has 0 radical (unpaired) electrons. The zero-order chi connectivity index (χ0) is 34.6. The van der Waals surface area contributed by atoms with Gasteiger partial charge < -0.3 is 13.9 Å². The fourth-order valence-corrected chi connectivity index (χ4v) is 7.87. The van der Waals surface area contributed by atoms with Crippen LogP contribution in [0.5, 0.6) is 0 Å². The Morgan fingerprint density at radius 1 is 0.442 bits per heavy atom. The van der Waals surface area contributed by atoms with Gasteiger partial charge in [0.05, 0.1) is 11.0 Å². The predicted molar refractivity (Wildman–Crippen MR) is 218 cm³/mol. The van der Waals surface area contributed by atoms with Crippen LogP contribution in [-0.2, 0) is 0 Å². The van der Waals surface area contributed by atoms with Crippen LogP contribution in [0, 0.1) is 6.92 Å². The summed E-state index contributed by atoms with van der Waals surface area (Å²) < 4.78 is 9.03. The number of benzene rings is 8. The number of nitrogens with zero attached hydrogens (tertiary/aromatic N) is 2. The highest BCUT2D eigenvalue weighted by Gasteiger charge is 2.21. The molecule has 2 heterocycles. The van der Waals surface area contributed by atoms with E-state index in [0.29, 0.717) is 0 Å². The smallest absolute Gasteiger partial charge is 0.143 e. The molecule has 0 bridgehead atoms. The Kier molecular flexibility index (Phi) is 7.04. The fourth-order valence-electron chi connectivity index (χ4n) is 7.87. The maximum absolute atomic E-state index is 6.67. The van der Waals surface area contributed by atoms with Gasteiger partial charge in [0, 0.05) is 49.9 Å². The highest BCUT2D eigenvalue weighted by atomic mass is 16.3. The van der Waals surface area contributed by atoms with E-state index >= 15 is 0 Å². The molecule has 0 saturated carbocycles. The summed E-state index contributed by atoms with van der Waals surface area (Å²) in [6, 6.07) is 67.2. The summed E-state index contributed by atoms with van der Waals surface area (Å²) in [5, 5.41) is 4.71. The zero-order valence-electron chi connectivity index (χ0n) is 28.7. The number of rotatable bonds is 6. The molecule has 0 amide bonds. The molecule has 0 saturated heterocycles. The van der Waals surface area contributed by atoms with Crippen LogP contribution in [-0.4, -0.2) is 4.57 Å². The van der Waals surface area contributed by atoms with Crippen molar-refractivity contribution in [3.05, 3.63) is 194 Å². The number of para-hydroxylation sites is 4. The first-order valence-electron chi connectivity index (χ1n) is 17.8. The second-order valence-electron chi connectivity index (χ2n) is 13.4. The Balaban J connectivity index is 1.17. The fraction of sp³-hybridized carbons (Fsp3) is 0.0204. The average Bonchev–Trinajstić information content (AvgIpc) is 3.75. The van der Waals surface area contributed by atoms with Gasteiger partial charge in [-0.05, 0) is 95.9 Å². The Hall–Kier alpha value is -6.84. The lowest BCUT2D eigenvalue weighted by Crippen LogP contribution is -2.11. The van der Waals surface area contributed by atoms with E-state index < -0.39 is 0 Å². The van der Waals surface area contributed by atoms with Crippen LogP contribution in [0.1, 0.15) is 5.56 Å². The molecule has 52 heavy (non-hydrogen) atoms. The van der Waals surface area contributed by atoms with Gasteiger partial charge in [0.25, 0.3) is 0 Å². The SMILES string of the molecule is Cc1cc(-c2ccccc2)ccc1N(c1ccccc1)c1cc(-c2ccc(-n3c4ccccc4c4ccccc43)cc2)c2oc3ccccc3c2c1. The topological polar surface area (TPSA) is 21.3 Å². The molecule has 0 spiro atoms. The van der Waals surface area contributed by atoms with Crippen LogP contribution < -0.4 is 4.90 Å². The lowest BCUT2D eigenvalue weighted by molar-refractivity contribution is 0.670. The van der Waals surface area contributed by atoms with E-state index in [1.165, 1.54) is 38.5 Å².